The van der Waals surface area contributed by atoms with Crippen LogP contribution in [-0.2, 0) is 21.1 Å². The molecule has 0 atom stereocenters. The number of rotatable bonds is 0. The molecule has 0 saturated carbocycles. The number of nitrogens with zero attached hydrogens (tertiary/aromatic N) is 1. The summed E-state index contributed by atoms with van der Waals surface area (Å²) in [4.78, 5) is 0. The normalized spacial score (nSPS) is 4.47. The molecule has 92 valence electrons. The summed E-state index contributed by atoms with van der Waals surface area (Å²) in [7, 11) is 0. The molecule has 2 heteroatoms. The van der Waals surface area contributed by atoms with Crippen molar-refractivity contribution in [3.05, 3.63) is 30.3 Å². The van der Waals surface area contributed by atoms with Gasteiger partial charge in [-0.3, -0.25) is 0 Å². The third-order valence-corrected chi connectivity index (χ3v) is 1.06. The fourth-order valence-corrected chi connectivity index (χ4v) is 0.321. The van der Waals surface area contributed by atoms with E-state index in [1.165, 1.54) is 6.92 Å². The van der Waals surface area contributed by atoms with Crippen LogP contribution >= 0.6 is 0 Å². The van der Waals surface area contributed by atoms with Crippen molar-refractivity contribution in [3.8, 4) is 29.8 Å². The van der Waals surface area contributed by atoms with E-state index in [0.717, 1.165) is 0 Å². The van der Waals surface area contributed by atoms with Crippen LogP contribution in [0.4, 0.5) is 0 Å². The van der Waals surface area contributed by atoms with E-state index in [1.54, 1.807) is 6.07 Å². The van der Waals surface area contributed by atoms with Crippen molar-refractivity contribution >= 4 is 0 Å². The monoisotopic (exact) mass is 312 g/mol. The molecule has 0 fully saturated rings. The SMILES string of the molecule is CC#CC.CC#CC.CC#N.[Mo].c1cc[cH-]c1. The average Bonchev–Trinajstić information content (AvgIpc) is 2.89. The van der Waals surface area contributed by atoms with Crippen LogP contribution in [0.1, 0.15) is 34.6 Å². The molecule has 0 aliphatic rings. The Labute approximate surface area is 121 Å². The molecule has 0 aromatic heterocycles. The zero-order chi connectivity index (χ0) is 13.1. The molecule has 0 bridgehead atoms. The molecule has 1 rings (SSSR count). The average molecular weight is 310 g/mol. The largest absolute Gasteiger partial charge is 0.214 e. The Bertz CT molecular complexity index is 289. The van der Waals surface area contributed by atoms with Gasteiger partial charge in [0.15, 0.2) is 0 Å². The predicted molar refractivity (Wildman–Crippen MR) is 71.6 cm³/mol. The summed E-state index contributed by atoms with van der Waals surface area (Å²) in [5.74, 6) is 10.7. The second-order valence-corrected chi connectivity index (χ2v) is 2.19. The molecule has 0 amide bonds. The summed E-state index contributed by atoms with van der Waals surface area (Å²) >= 11 is 0. The zero-order valence-corrected chi connectivity index (χ0v) is 13.2. The van der Waals surface area contributed by atoms with Crippen LogP contribution in [0.15, 0.2) is 30.3 Å². The molecule has 0 saturated heterocycles. The van der Waals surface area contributed by atoms with E-state index in [2.05, 4.69) is 23.7 Å². The first kappa shape index (κ1) is 24.7. The molecule has 0 heterocycles. The topological polar surface area (TPSA) is 23.8 Å². The van der Waals surface area contributed by atoms with Gasteiger partial charge in [-0.2, -0.15) is 23.5 Å². The minimum Gasteiger partial charge on any atom is -0.214 e. The van der Waals surface area contributed by atoms with E-state index in [-0.39, 0.29) is 21.1 Å². The smallest absolute Gasteiger partial charge is 0.0587 e. The van der Waals surface area contributed by atoms with E-state index >= 15 is 0 Å². The first-order chi connectivity index (χ1) is 7.74. The van der Waals surface area contributed by atoms with E-state index in [4.69, 9.17) is 5.26 Å². The Kier molecular flexibility index (Phi) is 53.1. The van der Waals surface area contributed by atoms with Gasteiger partial charge in [0.25, 0.3) is 0 Å². The van der Waals surface area contributed by atoms with Gasteiger partial charge in [-0.05, 0) is 27.7 Å². The Balaban J connectivity index is -0.0000000664. The van der Waals surface area contributed by atoms with Gasteiger partial charge in [-0.25, -0.2) is 12.1 Å². The summed E-state index contributed by atoms with van der Waals surface area (Å²) in [6, 6.07) is 11.8. The molecule has 1 aromatic carbocycles. The molecule has 0 aliphatic carbocycles. The van der Waals surface area contributed by atoms with Crippen molar-refractivity contribution < 1.29 is 21.1 Å². The van der Waals surface area contributed by atoms with Crippen LogP contribution in [-0.4, -0.2) is 0 Å². The predicted octanol–water partition coefficient (Wildman–Crippen LogP) is 3.99. The van der Waals surface area contributed by atoms with Crippen LogP contribution in [0.3, 0.4) is 0 Å². The van der Waals surface area contributed by atoms with Gasteiger partial charge in [0.2, 0.25) is 0 Å². The second-order valence-electron chi connectivity index (χ2n) is 2.19. The molecule has 0 radical (unpaired) electrons. The molecular formula is C15H20MoN-. The number of hydrogen-bond donors (Lipinski definition) is 0. The summed E-state index contributed by atoms with van der Waals surface area (Å²) in [6.45, 7) is 8.71. The van der Waals surface area contributed by atoms with Crippen molar-refractivity contribution in [2.45, 2.75) is 34.6 Å². The summed E-state index contributed by atoms with van der Waals surface area (Å²) in [5.41, 5.74) is 0. The summed E-state index contributed by atoms with van der Waals surface area (Å²) in [6.07, 6.45) is 0. The first-order valence-corrected chi connectivity index (χ1v) is 4.89. The maximum absolute atomic E-state index is 7.32. The fourth-order valence-electron chi connectivity index (χ4n) is 0.321. The third-order valence-electron chi connectivity index (χ3n) is 1.06. The van der Waals surface area contributed by atoms with Crippen molar-refractivity contribution in [1.29, 1.82) is 5.26 Å². The van der Waals surface area contributed by atoms with Gasteiger partial charge >= 0.3 is 0 Å². The molecule has 0 aliphatic heterocycles. The summed E-state index contributed by atoms with van der Waals surface area (Å²) < 4.78 is 0. The Morgan fingerprint density at radius 3 is 1.06 bits per heavy atom. The zero-order valence-electron chi connectivity index (χ0n) is 11.2. The van der Waals surface area contributed by atoms with Gasteiger partial charge < -0.3 is 0 Å². The molecule has 0 spiro atoms. The minimum atomic E-state index is 0. The molecule has 17 heavy (non-hydrogen) atoms. The Hall–Kier alpha value is -1.35. The van der Waals surface area contributed by atoms with Crippen LogP contribution in [0.2, 0.25) is 0 Å². The molecule has 1 aromatic rings. The van der Waals surface area contributed by atoms with Crippen molar-refractivity contribution in [1.82, 2.24) is 0 Å². The van der Waals surface area contributed by atoms with Crippen molar-refractivity contribution in [2.75, 3.05) is 0 Å². The molecule has 1 nitrogen and oxygen atoms in total. The van der Waals surface area contributed by atoms with Crippen LogP contribution in [0.5, 0.6) is 0 Å². The molecular weight excluding hydrogens is 290 g/mol. The van der Waals surface area contributed by atoms with Crippen LogP contribution < -0.4 is 0 Å². The first-order valence-electron chi connectivity index (χ1n) is 4.89. The Morgan fingerprint density at radius 1 is 0.765 bits per heavy atom. The van der Waals surface area contributed by atoms with E-state index in [9.17, 15) is 0 Å². The standard InChI is InChI=1S/C5H5.2C4H6.C2H3N.Mo/c1-2-4-5-3-1;2*1-3-4-2;1-2-3;/h1-5H;2*1-2H3;1H3;/q-1;;;;. The number of nitriles is 1. The minimum absolute atomic E-state index is 0. The van der Waals surface area contributed by atoms with Crippen molar-refractivity contribution in [2.24, 2.45) is 0 Å². The second kappa shape index (κ2) is 36.5. The van der Waals surface area contributed by atoms with Crippen LogP contribution in [0, 0.1) is 35.0 Å². The van der Waals surface area contributed by atoms with Gasteiger partial charge in [-0.15, -0.1) is 23.7 Å². The third kappa shape index (κ3) is 73.5. The maximum atomic E-state index is 7.32. The molecule has 0 unspecified atom stereocenters. The summed E-state index contributed by atoms with van der Waals surface area (Å²) in [5, 5.41) is 7.32. The Morgan fingerprint density at radius 2 is 1.00 bits per heavy atom. The van der Waals surface area contributed by atoms with E-state index < -0.39 is 0 Å². The number of hydrogen-bond acceptors (Lipinski definition) is 1. The van der Waals surface area contributed by atoms with Gasteiger partial charge in [-0.1, -0.05) is 0 Å². The molecule has 0 N–H and O–H groups in total. The van der Waals surface area contributed by atoms with Crippen molar-refractivity contribution in [3.63, 3.8) is 0 Å². The van der Waals surface area contributed by atoms with Gasteiger partial charge in [0.1, 0.15) is 0 Å². The fraction of sp³-hybridized carbons (Fsp3) is 0.333. The van der Waals surface area contributed by atoms with Gasteiger partial charge in [0.05, 0.1) is 6.07 Å². The quantitative estimate of drug-likeness (QED) is 0.404. The van der Waals surface area contributed by atoms with E-state index in [1.807, 2.05) is 58.0 Å². The van der Waals surface area contributed by atoms with E-state index in [0.29, 0.717) is 0 Å². The van der Waals surface area contributed by atoms with Gasteiger partial charge in [0, 0.05) is 28.0 Å². The maximum Gasteiger partial charge on any atom is 0.0587 e. The van der Waals surface area contributed by atoms with Crippen LogP contribution in [0.25, 0.3) is 0 Å².